The zero-order chi connectivity index (χ0) is 15.0. The van der Waals surface area contributed by atoms with Gasteiger partial charge in [0.05, 0.1) is 22.2 Å². The number of hydrogen-bond donors (Lipinski definition) is 1. The number of hydrogen-bond acceptors (Lipinski definition) is 3. The number of methoxy groups -OCH3 is 1. The summed E-state index contributed by atoms with van der Waals surface area (Å²) in [6.07, 6.45) is 2.16. The molecule has 0 aliphatic heterocycles. The third kappa shape index (κ3) is 5.95. The first kappa shape index (κ1) is 17.7. The molecule has 0 heterocycles. The highest BCUT2D eigenvalue weighted by Gasteiger charge is 2.07. The Bertz CT molecular complexity index is 438. The third-order valence-electron chi connectivity index (χ3n) is 2.61. The van der Waals surface area contributed by atoms with Gasteiger partial charge in [-0.15, -0.1) is 0 Å². The van der Waals surface area contributed by atoms with Gasteiger partial charge in [0, 0.05) is 20.2 Å². The van der Waals surface area contributed by atoms with Crippen molar-refractivity contribution in [3.63, 3.8) is 0 Å². The summed E-state index contributed by atoms with van der Waals surface area (Å²) in [4.78, 5) is 0. The SMILES string of the molecule is CCOc1c(Br)cc(C=C(C)CNCCOC)cc1Br. The van der Waals surface area contributed by atoms with E-state index < -0.39 is 0 Å². The second kappa shape index (κ2) is 9.55. The van der Waals surface area contributed by atoms with Crippen LogP contribution in [0.4, 0.5) is 0 Å². The first-order chi connectivity index (χ1) is 9.58. The molecule has 0 radical (unpaired) electrons. The monoisotopic (exact) mass is 405 g/mol. The van der Waals surface area contributed by atoms with Crippen molar-refractivity contribution in [2.45, 2.75) is 13.8 Å². The van der Waals surface area contributed by atoms with E-state index in [1.165, 1.54) is 5.57 Å². The molecule has 0 unspecified atom stereocenters. The minimum atomic E-state index is 0.648. The average Bonchev–Trinajstić information content (AvgIpc) is 2.39. The predicted octanol–water partition coefficient (Wildman–Crippen LogP) is 4.25. The van der Waals surface area contributed by atoms with Gasteiger partial charge in [-0.1, -0.05) is 11.6 Å². The molecule has 0 bridgehead atoms. The van der Waals surface area contributed by atoms with Crippen LogP contribution in [-0.4, -0.2) is 33.4 Å². The van der Waals surface area contributed by atoms with E-state index in [4.69, 9.17) is 9.47 Å². The van der Waals surface area contributed by atoms with Crippen molar-refractivity contribution in [1.29, 1.82) is 0 Å². The zero-order valence-electron chi connectivity index (χ0n) is 12.1. The lowest BCUT2D eigenvalue weighted by Crippen LogP contribution is -2.20. The van der Waals surface area contributed by atoms with Gasteiger partial charge in [-0.2, -0.15) is 0 Å². The maximum atomic E-state index is 5.58. The summed E-state index contributed by atoms with van der Waals surface area (Å²) in [6, 6.07) is 4.13. The summed E-state index contributed by atoms with van der Waals surface area (Å²) < 4.78 is 12.5. The highest BCUT2D eigenvalue weighted by molar-refractivity contribution is 9.11. The summed E-state index contributed by atoms with van der Waals surface area (Å²) in [5.41, 5.74) is 2.40. The van der Waals surface area contributed by atoms with Gasteiger partial charge in [-0.25, -0.2) is 0 Å². The van der Waals surface area contributed by atoms with Gasteiger partial charge in [0.2, 0.25) is 0 Å². The molecule has 3 nitrogen and oxygen atoms in total. The van der Waals surface area contributed by atoms with Crippen LogP contribution in [0.5, 0.6) is 5.75 Å². The van der Waals surface area contributed by atoms with Crippen molar-refractivity contribution in [3.05, 3.63) is 32.2 Å². The van der Waals surface area contributed by atoms with Crippen molar-refractivity contribution in [2.75, 3.05) is 33.4 Å². The van der Waals surface area contributed by atoms with Gasteiger partial charge in [0.25, 0.3) is 0 Å². The Kier molecular flexibility index (Phi) is 8.45. The van der Waals surface area contributed by atoms with E-state index in [0.29, 0.717) is 6.61 Å². The Balaban J connectivity index is 2.72. The van der Waals surface area contributed by atoms with Gasteiger partial charge in [0.15, 0.2) is 0 Å². The lowest BCUT2D eigenvalue weighted by molar-refractivity contribution is 0.200. The molecule has 1 N–H and O–H groups in total. The largest absolute Gasteiger partial charge is 0.492 e. The smallest absolute Gasteiger partial charge is 0.147 e. The van der Waals surface area contributed by atoms with Crippen molar-refractivity contribution in [3.8, 4) is 5.75 Å². The quantitative estimate of drug-likeness (QED) is 0.654. The van der Waals surface area contributed by atoms with Crippen molar-refractivity contribution in [2.24, 2.45) is 0 Å². The summed E-state index contributed by atoms with van der Waals surface area (Å²) in [5.74, 6) is 0.848. The summed E-state index contributed by atoms with van der Waals surface area (Å²) in [7, 11) is 1.71. The lowest BCUT2D eigenvalue weighted by atomic mass is 10.1. The molecule has 1 rings (SSSR count). The molecular weight excluding hydrogens is 386 g/mol. The fourth-order valence-corrected chi connectivity index (χ4v) is 3.19. The van der Waals surface area contributed by atoms with E-state index in [2.05, 4.69) is 62.3 Å². The number of rotatable bonds is 8. The highest BCUT2D eigenvalue weighted by Crippen LogP contribution is 2.35. The molecule has 5 heteroatoms. The Hall–Kier alpha value is -0.360. The van der Waals surface area contributed by atoms with Gasteiger partial charge >= 0.3 is 0 Å². The summed E-state index contributed by atoms with van der Waals surface area (Å²) in [5, 5.41) is 3.33. The van der Waals surface area contributed by atoms with Gasteiger partial charge in [-0.05, 0) is 63.4 Å². The number of ether oxygens (including phenoxy) is 2. The van der Waals surface area contributed by atoms with Crippen LogP contribution >= 0.6 is 31.9 Å². The fourth-order valence-electron chi connectivity index (χ4n) is 1.74. The van der Waals surface area contributed by atoms with Crippen molar-refractivity contribution < 1.29 is 9.47 Å². The number of benzene rings is 1. The van der Waals surface area contributed by atoms with Crippen LogP contribution in [0.15, 0.2) is 26.7 Å². The molecule has 0 atom stereocenters. The van der Waals surface area contributed by atoms with E-state index in [9.17, 15) is 0 Å². The highest BCUT2D eigenvalue weighted by atomic mass is 79.9. The van der Waals surface area contributed by atoms with Crippen LogP contribution in [0, 0.1) is 0 Å². The Morgan fingerprint density at radius 3 is 2.50 bits per heavy atom. The lowest BCUT2D eigenvalue weighted by Gasteiger charge is -2.10. The van der Waals surface area contributed by atoms with Crippen LogP contribution in [0.2, 0.25) is 0 Å². The summed E-state index contributed by atoms with van der Waals surface area (Å²) in [6.45, 7) is 7.17. The molecule has 0 aliphatic carbocycles. The topological polar surface area (TPSA) is 30.5 Å². The van der Waals surface area contributed by atoms with Crippen LogP contribution in [-0.2, 0) is 4.74 Å². The van der Waals surface area contributed by atoms with Crippen LogP contribution in [0.3, 0.4) is 0 Å². The molecule has 0 saturated carbocycles. The molecule has 0 spiro atoms. The number of nitrogens with one attached hydrogen (secondary N) is 1. The molecule has 112 valence electrons. The zero-order valence-corrected chi connectivity index (χ0v) is 15.3. The van der Waals surface area contributed by atoms with Crippen LogP contribution < -0.4 is 10.1 Å². The van der Waals surface area contributed by atoms with Crippen LogP contribution in [0.1, 0.15) is 19.4 Å². The van der Waals surface area contributed by atoms with E-state index in [-0.39, 0.29) is 0 Å². The van der Waals surface area contributed by atoms with E-state index in [1.54, 1.807) is 7.11 Å². The normalized spacial score (nSPS) is 11.8. The molecule has 1 aromatic carbocycles. The minimum absolute atomic E-state index is 0.648. The van der Waals surface area contributed by atoms with Gasteiger partial charge < -0.3 is 14.8 Å². The maximum absolute atomic E-state index is 5.58. The molecule has 20 heavy (non-hydrogen) atoms. The van der Waals surface area contributed by atoms with E-state index >= 15 is 0 Å². The molecule has 1 aromatic rings. The molecule has 0 aromatic heterocycles. The second-order valence-corrected chi connectivity index (χ2v) is 6.12. The van der Waals surface area contributed by atoms with E-state index in [0.717, 1.165) is 40.0 Å². The van der Waals surface area contributed by atoms with Crippen LogP contribution in [0.25, 0.3) is 6.08 Å². The van der Waals surface area contributed by atoms with Gasteiger partial charge in [0.1, 0.15) is 5.75 Å². The number of halogens is 2. The van der Waals surface area contributed by atoms with Gasteiger partial charge in [-0.3, -0.25) is 0 Å². The third-order valence-corrected chi connectivity index (χ3v) is 3.79. The summed E-state index contributed by atoms with van der Waals surface area (Å²) >= 11 is 7.09. The van der Waals surface area contributed by atoms with Crippen molar-refractivity contribution in [1.82, 2.24) is 5.32 Å². The maximum Gasteiger partial charge on any atom is 0.147 e. The standard InChI is InChI=1S/C15H21Br2NO2/c1-4-20-15-13(16)8-12(9-14(15)17)7-11(2)10-18-5-6-19-3/h7-9,18H,4-6,10H2,1-3H3. The van der Waals surface area contributed by atoms with Crippen molar-refractivity contribution >= 4 is 37.9 Å². The second-order valence-electron chi connectivity index (χ2n) is 4.41. The first-order valence-electron chi connectivity index (χ1n) is 6.57. The molecule has 0 amide bonds. The van der Waals surface area contributed by atoms with E-state index in [1.807, 2.05) is 6.92 Å². The Morgan fingerprint density at radius 2 is 1.95 bits per heavy atom. The average molecular weight is 407 g/mol. The Morgan fingerprint density at radius 1 is 1.30 bits per heavy atom. The predicted molar refractivity (Wildman–Crippen MR) is 91.4 cm³/mol. The minimum Gasteiger partial charge on any atom is -0.492 e. The fraction of sp³-hybridized carbons (Fsp3) is 0.467. The Labute approximate surface area is 138 Å². The molecule has 0 fully saturated rings. The molecular formula is C15H21Br2NO2. The molecule has 0 aliphatic rings. The first-order valence-corrected chi connectivity index (χ1v) is 8.15. The molecule has 0 saturated heterocycles.